The normalized spacial score (nSPS) is 13.4. The van der Waals surface area contributed by atoms with Crippen LogP contribution < -0.4 is 0 Å². The highest BCUT2D eigenvalue weighted by atomic mass is 35.5. The van der Waals surface area contributed by atoms with Gasteiger partial charge in [-0.1, -0.05) is 59.6 Å². The lowest BCUT2D eigenvalue weighted by Crippen LogP contribution is -1.99. The van der Waals surface area contributed by atoms with Gasteiger partial charge < -0.3 is 8.98 Å². The number of carbonyl (C=O) groups excluding carboxylic acids is 2. The van der Waals surface area contributed by atoms with E-state index in [4.69, 9.17) is 27.6 Å². The highest BCUT2D eigenvalue weighted by molar-refractivity contribution is 6.46. The van der Waals surface area contributed by atoms with Gasteiger partial charge in [0.2, 0.25) is 0 Å². The van der Waals surface area contributed by atoms with Crippen LogP contribution in [-0.2, 0) is 7.05 Å². The monoisotopic (exact) mass is 471 g/mol. The van der Waals surface area contributed by atoms with E-state index in [1.807, 2.05) is 35.9 Å². The fourth-order valence-electron chi connectivity index (χ4n) is 4.42. The second-order valence-electron chi connectivity index (χ2n) is 8.08. The quantitative estimate of drug-likeness (QED) is 0.199. The van der Waals surface area contributed by atoms with E-state index in [1.54, 1.807) is 0 Å². The minimum atomic E-state index is -0.383. The van der Waals surface area contributed by atoms with Crippen LogP contribution in [0.4, 0.5) is 0 Å². The Kier molecular flexibility index (Phi) is 4.37. The molecule has 0 fully saturated rings. The molecule has 2 heterocycles. The lowest BCUT2D eigenvalue weighted by molar-refractivity contribution is 0.0990. The Morgan fingerprint density at radius 2 is 1.48 bits per heavy atom. The van der Waals surface area contributed by atoms with Crippen molar-refractivity contribution in [1.82, 2.24) is 4.57 Å². The predicted molar refractivity (Wildman–Crippen MR) is 131 cm³/mol. The van der Waals surface area contributed by atoms with Crippen LogP contribution in [0.3, 0.4) is 0 Å². The number of nitrogens with zero attached hydrogens (tertiary/aromatic N) is 1. The SMILES string of the molecule is Cn1c(-c2ccc3ccccc3c2)cc2oc(C=C3C(=O)c4cc(Cl)c(Cl)cc4C3=O)cc21. The van der Waals surface area contributed by atoms with Gasteiger partial charge in [-0.3, -0.25) is 9.59 Å². The number of furan rings is 1. The molecule has 0 saturated carbocycles. The van der Waals surface area contributed by atoms with Crippen LogP contribution in [0, 0.1) is 0 Å². The zero-order chi connectivity index (χ0) is 22.9. The predicted octanol–water partition coefficient (Wildman–Crippen LogP) is 7.36. The third-order valence-corrected chi connectivity index (χ3v) is 6.84. The molecule has 160 valence electrons. The van der Waals surface area contributed by atoms with Crippen molar-refractivity contribution in [3.05, 3.63) is 99.2 Å². The minimum Gasteiger partial charge on any atom is -0.455 e. The molecule has 0 radical (unpaired) electrons. The van der Waals surface area contributed by atoms with Crippen molar-refractivity contribution in [2.24, 2.45) is 7.05 Å². The van der Waals surface area contributed by atoms with Crippen LogP contribution in [0.1, 0.15) is 26.5 Å². The number of halogens is 2. The van der Waals surface area contributed by atoms with Crippen LogP contribution in [0.15, 0.2) is 76.7 Å². The molecule has 0 unspecified atom stereocenters. The molecule has 2 aromatic heterocycles. The zero-order valence-corrected chi connectivity index (χ0v) is 18.9. The second-order valence-corrected chi connectivity index (χ2v) is 8.89. The summed E-state index contributed by atoms with van der Waals surface area (Å²) in [6.45, 7) is 0. The zero-order valence-electron chi connectivity index (χ0n) is 17.4. The average molecular weight is 472 g/mol. The molecule has 0 amide bonds. The molecule has 0 aliphatic heterocycles. The summed E-state index contributed by atoms with van der Waals surface area (Å²) in [5.41, 5.74) is 4.19. The third-order valence-electron chi connectivity index (χ3n) is 6.12. The van der Waals surface area contributed by atoms with E-state index in [0.717, 1.165) is 22.2 Å². The highest BCUT2D eigenvalue weighted by Gasteiger charge is 2.34. The maximum absolute atomic E-state index is 12.8. The molecule has 0 N–H and O–H groups in total. The Hall–Kier alpha value is -3.60. The topological polar surface area (TPSA) is 52.2 Å². The van der Waals surface area contributed by atoms with Crippen molar-refractivity contribution in [3.8, 4) is 11.3 Å². The number of aryl methyl sites for hydroxylation is 1. The molecule has 33 heavy (non-hydrogen) atoms. The summed E-state index contributed by atoms with van der Waals surface area (Å²) in [4.78, 5) is 25.6. The molecule has 6 heteroatoms. The lowest BCUT2D eigenvalue weighted by Gasteiger charge is -2.06. The average Bonchev–Trinajstić information content (AvgIpc) is 3.42. The first-order chi connectivity index (χ1) is 15.9. The van der Waals surface area contributed by atoms with Gasteiger partial charge in [0.15, 0.2) is 17.1 Å². The molecular formula is C27H15Cl2NO3. The molecule has 0 saturated heterocycles. The van der Waals surface area contributed by atoms with Crippen LogP contribution in [0.5, 0.6) is 0 Å². The van der Waals surface area contributed by atoms with Gasteiger partial charge >= 0.3 is 0 Å². The summed E-state index contributed by atoms with van der Waals surface area (Å²) in [6, 6.07) is 21.2. The molecular weight excluding hydrogens is 457 g/mol. The van der Waals surface area contributed by atoms with Gasteiger partial charge in [0.1, 0.15) is 5.76 Å². The summed E-state index contributed by atoms with van der Waals surface area (Å²) in [7, 11) is 1.96. The molecule has 5 aromatic rings. The van der Waals surface area contributed by atoms with Gasteiger partial charge in [-0.2, -0.15) is 0 Å². The number of ketones is 2. The number of fused-ring (bicyclic) bond motifs is 3. The molecule has 0 bridgehead atoms. The molecule has 4 nitrogen and oxygen atoms in total. The number of hydrogen-bond donors (Lipinski definition) is 0. The first-order valence-corrected chi connectivity index (χ1v) is 11.0. The van der Waals surface area contributed by atoms with Gasteiger partial charge in [-0.25, -0.2) is 0 Å². The number of allylic oxidation sites excluding steroid dienone is 1. The van der Waals surface area contributed by atoms with E-state index < -0.39 is 0 Å². The number of aromatic nitrogens is 1. The summed E-state index contributed by atoms with van der Waals surface area (Å²) in [5, 5.41) is 2.82. The van der Waals surface area contributed by atoms with Crippen molar-refractivity contribution in [2.75, 3.05) is 0 Å². The summed E-state index contributed by atoms with van der Waals surface area (Å²) >= 11 is 12.1. The number of benzene rings is 3. The van der Waals surface area contributed by atoms with Gasteiger partial charge in [0.05, 0.1) is 26.8 Å². The van der Waals surface area contributed by atoms with E-state index in [1.165, 1.54) is 23.6 Å². The van der Waals surface area contributed by atoms with E-state index in [-0.39, 0.29) is 38.3 Å². The number of hydrogen-bond acceptors (Lipinski definition) is 3. The third kappa shape index (κ3) is 3.06. The summed E-state index contributed by atoms with van der Waals surface area (Å²) in [5.74, 6) is -0.334. The van der Waals surface area contributed by atoms with Crippen molar-refractivity contribution in [1.29, 1.82) is 0 Å². The maximum Gasteiger partial charge on any atom is 0.197 e. The van der Waals surface area contributed by atoms with Crippen LogP contribution in [-0.4, -0.2) is 16.1 Å². The standard InChI is InChI=1S/C27H15Cl2NO3/c1-30-23(16-7-6-14-4-2-3-5-15(14)8-16)13-25-24(30)10-17(33-25)9-20-26(31)18-11-21(28)22(29)12-19(18)27(20)32/h2-13H,1H3. The Morgan fingerprint density at radius 3 is 2.15 bits per heavy atom. The van der Waals surface area contributed by atoms with Gasteiger partial charge in [-0.05, 0) is 40.6 Å². The fourth-order valence-corrected chi connectivity index (χ4v) is 4.74. The van der Waals surface area contributed by atoms with Crippen LogP contribution in [0.2, 0.25) is 10.0 Å². The Labute approximate surface area is 198 Å². The molecule has 3 aromatic carbocycles. The molecule has 1 aliphatic carbocycles. The molecule has 0 spiro atoms. The van der Waals surface area contributed by atoms with Crippen LogP contribution in [0.25, 0.3) is 39.2 Å². The molecule has 0 atom stereocenters. The smallest absolute Gasteiger partial charge is 0.197 e. The molecule has 1 aliphatic rings. The van der Waals surface area contributed by atoms with Crippen molar-refractivity contribution in [2.45, 2.75) is 0 Å². The van der Waals surface area contributed by atoms with Gasteiger partial charge in [0.25, 0.3) is 0 Å². The first kappa shape index (κ1) is 20.0. The van der Waals surface area contributed by atoms with Crippen molar-refractivity contribution in [3.63, 3.8) is 0 Å². The van der Waals surface area contributed by atoms with E-state index in [2.05, 4.69) is 30.3 Å². The number of rotatable bonds is 2. The largest absolute Gasteiger partial charge is 0.455 e. The Morgan fingerprint density at radius 1 is 0.818 bits per heavy atom. The summed E-state index contributed by atoms with van der Waals surface area (Å²) in [6.07, 6.45) is 1.49. The Bertz CT molecular complexity index is 1640. The summed E-state index contributed by atoms with van der Waals surface area (Å²) < 4.78 is 8.03. The van der Waals surface area contributed by atoms with E-state index >= 15 is 0 Å². The Balaban J connectivity index is 1.40. The van der Waals surface area contributed by atoms with E-state index in [0.29, 0.717) is 11.3 Å². The minimum absolute atomic E-state index is 0.0390. The van der Waals surface area contributed by atoms with E-state index in [9.17, 15) is 9.59 Å². The van der Waals surface area contributed by atoms with Crippen LogP contribution >= 0.6 is 23.2 Å². The molecule has 6 rings (SSSR count). The van der Waals surface area contributed by atoms with Gasteiger partial charge in [-0.15, -0.1) is 0 Å². The maximum atomic E-state index is 12.8. The highest BCUT2D eigenvalue weighted by Crippen LogP contribution is 2.36. The first-order valence-electron chi connectivity index (χ1n) is 10.3. The van der Waals surface area contributed by atoms with Crippen molar-refractivity contribution >= 4 is 62.7 Å². The van der Waals surface area contributed by atoms with Crippen molar-refractivity contribution < 1.29 is 14.0 Å². The number of Topliss-reactive ketones (excluding diaryl/α,β-unsaturated/α-hetero) is 2. The lowest BCUT2D eigenvalue weighted by atomic mass is 10.1. The van der Waals surface area contributed by atoms with Gasteiger partial charge in [0, 0.05) is 30.3 Å². The number of carbonyl (C=O) groups is 2. The fraction of sp³-hybridized carbons (Fsp3) is 0.0370. The second kappa shape index (κ2) is 7.20.